The number of likely N-dealkylation sites (tertiary alicyclic amines) is 1. The zero-order valence-corrected chi connectivity index (χ0v) is 26.1. The molecule has 11 nitrogen and oxygen atoms in total. The highest BCUT2D eigenvalue weighted by molar-refractivity contribution is 6.07. The predicted octanol–water partition coefficient (Wildman–Crippen LogP) is 5.29. The molecule has 1 saturated heterocycles. The molecule has 0 unspecified atom stereocenters. The number of amides is 2. The van der Waals surface area contributed by atoms with Crippen molar-refractivity contribution in [1.82, 2.24) is 9.88 Å². The van der Waals surface area contributed by atoms with Gasteiger partial charge < -0.3 is 25.3 Å². The van der Waals surface area contributed by atoms with E-state index in [1.807, 2.05) is 60.7 Å². The van der Waals surface area contributed by atoms with Crippen molar-refractivity contribution in [1.29, 1.82) is 0 Å². The van der Waals surface area contributed by atoms with Crippen LogP contribution in [0, 0.1) is 5.92 Å². The average Bonchev–Trinajstić information content (AvgIpc) is 3.12. The molecule has 2 heterocycles. The maximum absolute atomic E-state index is 13.6. The fraction of sp³-hybridized carbons (Fsp3) is 0.189. The van der Waals surface area contributed by atoms with Gasteiger partial charge in [0.2, 0.25) is 0 Å². The summed E-state index contributed by atoms with van der Waals surface area (Å²) in [6, 6.07) is 29.1. The van der Waals surface area contributed by atoms with Gasteiger partial charge in [0.15, 0.2) is 5.78 Å². The standard InChI is InChI=1S/C33H32N4O3.C4H4O4/c38-31(25-8-3-1-4-9-25)26-17-20-36(21-18-26)22-23-37(30-12-7-19-34-24-30)33(40)28-13-15-29(16-14-28)35-32(39)27-10-5-2-6-11-27;5-3(6)1-2-4(7)8/h1-16,19,24,26H,17-18,20-23H2,(H,35,39);1-2H,(H,5,6)(H,7,8). The minimum absolute atomic E-state index is 0.0376. The minimum Gasteiger partial charge on any atom is -0.478 e. The molecule has 5 rings (SSSR count). The van der Waals surface area contributed by atoms with Gasteiger partial charge in [-0.2, -0.15) is 0 Å². The van der Waals surface area contributed by atoms with Gasteiger partial charge in [-0.05, 0) is 74.5 Å². The Balaban J connectivity index is 0.000000579. The summed E-state index contributed by atoms with van der Waals surface area (Å²) < 4.78 is 0. The van der Waals surface area contributed by atoms with Gasteiger partial charge in [0.25, 0.3) is 11.8 Å². The zero-order valence-electron chi connectivity index (χ0n) is 26.1. The van der Waals surface area contributed by atoms with Crippen molar-refractivity contribution in [3.8, 4) is 0 Å². The SMILES string of the molecule is O=C(Nc1ccc(C(=O)N(CCN2CCC(C(=O)c3ccccc3)CC2)c2cccnc2)cc1)c1ccccc1.O=C(O)C=CC(=O)O. The first-order valence-corrected chi connectivity index (χ1v) is 15.3. The van der Waals surface area contributed by atoms with E-state index in [0.29, 0.717) is 42.1 Å². The van der Waals surface area contributed by atoms with Gasteiger partial charge in [-0.15, -0.1) is 0 Å². The second kappa shape index (κ2) is 17.7. The van der Waals surface area contributed by atoms with Crippen LogP contribution >= 0.6 is 0 Å². The number of aromatic nitrogens is 1. The topological polar surface area (TPSA) is 157 Å². The van der Waals surface area contributed by atoms with E-state index < -0.39 is 11.9 Å². The molecule has 246 valence electrons. The zero-order chi connectivity index (χ0) is 34.3. The van der Waals surface area contributed by atoms with Gasteiger partial charge in [-0.1, -0.05) is 48.5 Å². The summed E-state index contributed by atoms with van der Waals surface area (Å²) in [7, 11) is 0. The van der Waals surface area contributed by atoms with Gasteiger partial charge in [0, 0.05) is 59.7 Å². The summed E-state index contributed by atoms with van der Waals surface area (Å²) >= 11 is 0. The molecule has 1 aliphatic rings. The van der Waals surface area contributed by atoms with Gasteiger partial charge >= 0.3 is 11.9 Å². The molecule has 11 heteroatoms. The van der Waals surface area contributed by atoms with Gasteiger partial charge in [0.1, 0.15) is 0 Å². The monoisotopic (exact) mass is 648 g/mol. The molecule has 0 radical (unpaired) electrons. The molecule has 0 spiro atoms. The second-order valence-corrected chi connectivity index (χ2v) is 10.9. The smallest absolute Gasteiger partial charge is 0.328 e. The summed E-state index contributed by atoms with van der Waals surface area (Å²) in [5.74, 6) is -2.60. The molecule has 1 aromatic heterocycles. The third-order valence-corrected chi connectivity index (χ3v) is 7.65. The largest absolute Gasteiger partial charge is 0.478 e. The number of carbonyl (C=O) groups excluding carboxylic acids is 3. The Bertz CT molecular complexity index is 1690. The number of rotatable bonds is 11. The molecule has 0 bridgehead atoms. The van der Waals surface area contributed by atoms with Crippen molar-refractivity contribution in [2.24, 2.45) is 5.92 Å². The third-order valence-electron chi connectivity index (χ3n) is 7.65. The maximum atomic E-state index is 13.6. The first kappa shape index (κ1) is 34.9. The molecule has 2 amide bonds. The minimum atomic E-state index is -1.26. The summed E-state index contributed by atoms with van der Waals surface area (Å²) in [4.78, 5) is 66.3. The molecule has 3 N–H and O–H groups in total. The normalized spacial score (nSPS) is 13.2. The predicted molar refractivity (Wildman–Crippen MR) is 181 cm³/mol. The highest BCUT2D eigenvalue weighted by Crippen LogP contribution is 2.23. The number of carbonyl (C=O) groups is 5. The maximum Gasteiger partial charge on any atom is 0.328 e. The van der Waals surface area contributed by atoms with Crippen LogP contribution in [0.5, 0.6) is 0 Å². The highest BCUT2D eigenvalue weighted by Gasteiger charge is 2.27. The first-order valence-electron chi connectivity index (χ1n) is 15.3. The fourth-order valence-electron chi connectivity index (χ4n) is 5.15. The number of ketones is 1. The number of piperidine rings is 1. The van der Waals surface area contributed by atoms with Gasteiger partial charge in [-0.3, -0.25) is 19.4 Å². The molecule has 1 aliphatic heterocycles. The number of carboxylic acid groups (broad SMARTS) is 2. The van der Waals surface area contributed by atoms with Crippen LogP contribution in [0.15, 0.2) is 122 Å². The third kappa shape index (κ3) is 10.6. The number of hydrogen-bond acceptors (Lipinski definition) is 7. The van der Waals surface area contributed by atoms with Crippen molar-refractivity contribution >= 4 is 40.9 Å². The van der Waals surface area contributed by atoms with E-state index in [1.54, 1.807) is 53.7 Å². The molecule has 4 aromatic rings. The Morgan fingerprint density at radius 1 is 0.750 bits per heavy atom. The Hall–Kier alpha value is -5.94. The lowest BCUT2D eigenvalue weighted by atomic mass is 9.89. The number of hydrogen-bond donors (Lipinski definition) is 3. The molecule has 1 fully saturated rings. The number of anilines is 2. The number of nitrogens with one attached hydrogen (secondary N) is 1. The van der Waals surface area contributed by atoms with Crippen molar-refractivity contribution < 1.29 is 34.2 Å². The van der Waals surface area contributed by atoms with Crippen LogP contribution in [0.1, 0.15) is 43.9 Å². The van der Waals surface area contributed by atoms with Crippen molar-refractivity contribution in [3.63, 3.8) is 0 Å². The lowest BCUT2D eigenvalue weighted by Gasteiger charge is -2.33. The fourth-order valence-corrected chi connectivity index (χ4v) is 5.15. The van der Waals surface area contributed by atoms with Crippen LogP contribution in [-0.4, -0.2) is 75.8 Å². The number of benzene rings is 3. The van der Waals surface area contributed by atoms with E-state index in [2.05, 4.69) is 15.2 Å². The second-order valence-electron chi connectivity index (χ2n) is 10.9. The van der Waals surface area contributed by atoms with E-state index in [4.69, 9.17) is 10.2 Å². The lowest BCUT2D eigenvalue weighted by Crippen LogP contribution is -2.43. The van der Waals surface area contributed by atoms with E-state index in [-0.39, 0.29) is 23.5 Å². The van der Waals surface area contributed by atoms with E-state index in [0.717, 1.165) is 37.2 Å². The van der Waals surface area contributed by atoms with Crippen molar-refractivity contribution in [2.45, 2.75) is 12.8 Å². The van der Waals surface area contributed by atoms with Crippen LogP contribution in [0.3, 0.4) is 0 Å². The molecule has 48 heavy (non-hydrogen) atoms. The van der Waals surface area contributed by atoms with Gasteiger partial charge in [0.05, 0.1) is 11.9 Å². The first-order chi connectivity index (χ1) is 23.2. The van der Waals surface area contributed by atoms with Crippen molar-refractivity contribution in [2.75, 3.05) is 36.4 Å². The Morgan fingerprint density at radius 2 is 1.33 bits per heavy atom. The molecular weight excluding hydrogens is 612 g/mol. The van der Waals surface area contributed by atoms with Gasteiger partial charge in [-0.25, -0.2) is 9.59 Å². The number of Topliss-reactive ketones (excluding diaryl/α,β-unsaturated/α-hetero) is 1. The van der Waals surface area contributed by atoms with E-state index in [9.17, 15) is 24.0 Å². The molecule has 0 atom stereocenters. The Labute approximate surface area is 278 Å². The average molecular weight is 649 g/mol. The number of aliphatic carboxylic acids is 2. The van der Waals surface area contributed by atoms with E-state index in [1.165, 1.54) is 0 Å². The summed E-state index contributed by atoms with van der Waals surface area (Å²) in [6.45, 7) is 2.81. The summed E-state index contributed by atoms with van der Waals surface area (Å²) in [5, 5.41) is 18.5. The molecule has 3 aromatic carbocycles. The molecule has 0 saturated carbocycles. The molecular formula is C37H36N4O7. The van der Waals surface area contributed by atoms with Crippen LogP contribution in [0.2, 0.25) is 0 Å². The number of carboxylic acids is 2. The molecule has 0 aliphatic carbocycles. The summed E-state index contributed by atoms with van der Waals surface area (Å²) in [5.41, 5.74) is 3.21. The van der Waals surface area contributed by atoms with Crippen LogP contribution < -0.4 is 10.2 Å². The van der Waals surface area contributed by atoms with E-state index >= 15 is 0 Å². The van der Waals surface area contributed by atoms with Crippen LogP contribution in [0.25, 0.3) is 0 Å². The van der Waals surface area contributed by atoms with Crippen molar-refractivity contribution in [3.05, 3.63) is 138 Å². The van der Waals surface area contributed by atoms with Crippen LogP contribution in [-0.2, 0) is 9.59 Å². The number of nitrogens with zero attached hydrogens (tertiary/aromatic N) is 3. The number of pyridine rings is 1. The Morgan fingerprint density at radius 3 is 1.88 bits per heavy atom. The lowest BCUT2D eigenvalue weighted by molar-refractivity contribution is -0.134. The summed E-state index contributed by atoms with van der Waals surface area (Å²) in [6.07, 6.45) is 6.11. The quantitative estimate of drug-likeness (QED) is 0.145. The highest BCUT2D eigenvalue weighted by atomic mass is 16.4. The van der Waals surface area contributed by atoms with Crippen LogP contribution in [0.4, 0.5) is 11.4 Å². The Kier molecular flexibility index (Phi) is 12.9.